The van der Waals surface area contributed by atoms with Gasteiger partial charge in [-0.3, -0.25) is 4.79 Å². The van der Waals surface area contributed by atoms with E-state index in [1.54, 1.807) is 0 Å². The van der Waals surface area contributed by atoms with E-state index < -0.39 is 0 Å². The lowest BCUT2D eigenvalue weighted by molar-refractivity contribution is 0.0979. The van der Waals surface area contributed by atoms with Crippen molar-refractivity contribution in [1.82, 2.24) is 0 Å². The summed E-state index contributed by atoms with van der Waals surface area (Å²) in [6.45, 7) is 10.8. The Kier molecular flexibility index (Phi) is 7.33. The number of benzene rings is 1. The summed E-state index contributed by atoms with van der Waals surface area (Å²) in [4.78, 5) is 12.6. The molecule has 0 saturated carbocycles. The molecule has 0 aliphatic rings. The zero-order valence-corrected chi connectivity index (χ0v) is 16.2. The van der Waals surface area contributed by atoms with Crippen molar-refractivity contribution in [2.45, 2.75) is 97.8 Å². The number of phenolic OH excluding ortho intramolecular Hbond substituents is 1. The third-order valence-electron chi connectivity index (χ3n) is 4.55. The quantitative estimate of drug-likeness (QED) is 0.401. The lowest BCUT2D eigenvalue weighted by Gasteiger charge is -2.24. The molecule has 2 nitrogen and oxygen atoms in total. The Morgan fingerprint density at radius 3 is 2.33 bits per heavy atom. The molecule has 136 valence electrons. The molecule has 0 amide bonds. The summed E-state index contributed by atoms with van der Waals surface area (Å²) in [6, 6.07) is 3.77. The van der Waals surface area contributed by atoms with E-state index in [2.05, 4.69) is 20.8 Å². The molecule has 1 N–H and O–H groups in total. The number of aromatic hydroxyl groups is 1. The van der Waals surface area contributed by atoms with Crippen molar-refractivity contribution in [3.05, 3.63) is 28.8 Å². The molecule has 0 unspecified atom stereocenters. The number of phenols is 1. The highest BCUT2D eigenvalue weighted by atomic mass is 16.3. The maximum atomic E-state index is 12.6. The van der Waals surface area contributed by atoms with Gasteiger partial charge >= 0.3 is 0 Å². The molecule has 2 heteroatoms. The van der Waals surface area contributed by atoms with Crippen molar-refractivity contribution >= 4 is 5.78 Å². The smallest absolute Gasteiger partial charge is 0.162 e. The van der Waals surface area contributed by atoms with Gasteiger partial charge in [-0.15, -0.1) is 0 Å². The Morgan fingerprint density at radius 1 is 1.12 bits per heavy atom. The molecular weight excluding hydrogens is 296 g/mol. The van der Waals surface area contributed by atoms with Gasteiger partial charge in [-0.25, -0.2) is 0 Å². The van der Waals surface area contributed by atoms with Gasteiger partial charge in [0.1, 0.15) is 5.75 Å². The zero-order valence-electron chi connectivity index (χ0n) is 17.2. The number of rotatable bonds is 9. The standard InChI is InChI=1S/C22H36O2/c1-7-8-9-10-11-12-13-20(23)17-14-18(16(2)3)21(24)19(15-17)22(4,5)6/h14-16,24H,7-13H2,1-6H3/i1T. The molecule has 0 spiro atoms. The summed E-state index contributed by atoms with van der Waals surface area (Å²) in [7, 11) is 0. The van der Waals surface area contributed by atoms with Crippen LogP contribution in [0.4, 0.5) is 0 Å². The molecule has 0 aromatic heterocycles. The number of Topliss-reactive ketones (excluding diaryl/α,β-unsaturated/α-hetero) is 1. The molecule has 0 bridgehead atoms. The molecule has 0 aliphatic carbocycles. The molecule has 24 heavy (non-hydrogen) atoms. The van der Waals surface area contributed by atoms with Crippen LogP contribution in [0, 0.1) is 0 Å². The number of hydrogen-bond acceptors (Lipinski definition) is 2. The third kappa shape index (κ3) is 5.96. The van der Waals surface area contributed by atoms with Crippen molar-refractivity contribution < 1.29 is 11.3 Å². The predicted octanol–water partition coefficient (Wildman–Crippen LogP) is 6.75. The van der Waals surface area contributed by atoms with Crippen LogP contribution in [0.3, 0.4) is 0 Å². The lowest BCUT2D eigenvalue weighted by Crippen LogP contribution is -2.14. The molecular formula is C22H36O2. The average molecular weight is 335 g/mol. The molecule has 0 heterocycles. The van der Waals surface area contributed by atoms with Crippen LogP contribution in [-0.2, 0) is 5.41 Å². The van der Waals surface area contributed by atoms with Gasteiger partial charge in [0.25, 0.3) is 0 Å². The van der Waals surface area contributed by atoms with Crippen molar-refractivity contribution in [1.29, 1.82) is 0 Å². The van der Waals surface area contributed by atoms with Crippen LogP contribution in [0.5, 0.6) is 5.75 Å². The first-order chi connectivity index (χ1) is 11.7. The lowest BCUT2D eigenvalue weighted by atomic mass is 9.81. The van der Waals surface area contributed by atoms with Gasteiger partial charge in [0.2, 0.25) is 0 Å². The van der Waals surface area contributed by atoms with Crippen LogP contribution >= 0.6 is 0 Å². The fourth-order valence-electron chi connectivity index (χ4n) is 2.97. The molecule has 0 radical (unpaired) electrons. The number of carbonyl (C=O) groups is 1. The van der Waals surface area contributed by atoms with Gasteiger partial charge in [-0.05, 0) is 35.4 Å². The summed E-state index contributed by atoms with van der Waals surface area (Å²) >= 11 is 0. The summed E-state index contributed by atoms with van der Waals surface area (Å²) in [5, 5.41) is 10.6. The van der Waals surface area contributed by atoms with Gasteiger partial charge in [-0.1, -0.05) is 73.6 Å². The van der Waals surface area contributed by atoms with Crippen molar-refractivity contribution in [3.63, 3.8) is 0 Å². The second-order valence-electron chi connectivity index (χ2n) is 8.16. The maximum Gasteiger partial charge on any atom is 0.162 e. The van der Waals surface area contributed by atoms with E-state index in [1.165, 1.54) is 0 Å². The molecule has 1 aromatic rings. The van der Waals surface area contributed by atoms with E-state index in [9.17, 15) is 9.90 Å². The van der Waals surface area contributed by atoms with Gasteiger partial charge in [0.05, 0.1) is 0 Å². The fraction of sp³-hybridized carbons (Fsp3) is 0.682. The van der Waals surface area contributed by atoms with Crippen molar-refractivity contribution in [2.24, 2.45) is 0 Å². The van der Waals surface area contributed by atoms with Crippen LogP contribution in [0.2, 0.25) is 0 Å². The van der Waals surface area contributed by atoms with Gasteiger partial charge in [-0.2, -0.15) is 0 Å². The minimum Gasteiger partial charge on any atom is -0.507 e. The van der Waals surface area contributed by atoms with Crippen LogP contribution in [0.25, 0.3) is 0 Å². The Bertz CT molecular complexity index is 556. The first-order valence-electron chi connectivity index (χ1n) is 10.1. The number of carbonyl (C=O) groups excluding carboxylic acids is 1. The van der Waals surface area contributed by atoms with Crippen molar-refractivity contribution in [2.75, 3.05) is 0 Å². The predicted molar refractivity (Wildman–Crippen MR) is 103 cm³/mol. The first kappa shape index (κ1) is 19.0. The summed E-state index contributed by atoms with van der Waals surface area (Å²) in [6.07, 6.45) is 6.99. The third-order valence-corrected chi connectivity index (χ3v) is 4.55. The Morgan fingerprint density at radius 2 is 1.75 bits per heavy atom. The molecule has 1 rings (SSSR count). The van der Waals surface area contributed by atoms with Crippen molar-refractivity contribution in [3.8, 4) is 5.75 Å². The van der Waals surface area contributed by atoms with E-state index in [-0.39, 0.29) is 17.1 Å². The van der Waals surface area contributed by atoms with Crippen LogP contribution < -0.4 is 0 Å². The first-order valence-corrected chi connectivity index (χ1v) is 9.38. The average Bonchev–Trinajstić information content (AvgIpc) is 2.52. The normalized spacial score (nSPS) is 12.5. The highest BCUT2D eigenvalue weighted by Gasteiger charge is 2.23. The molecule has 1 aromatic carbocycles. The highest BCUT2D eigenvalue weighted by molar-refractivity contribution is 5.96. The Balaban J connectivity index is 2.76. The van der Waals surface area contributed by atoms with E-state index in [0.717, 1.165) is 55.2 Å². The zero-order chi connectivity index (χ0) is 19.0. The van der Waals surface area contributed by atoms with Crippen LogP contribution in [0.1, 0.15) is 115 Å². The second-order valence-corrected chi connectivity index (χ2v) is 8.16. The molecule has 0 aliphatic heterocycles. The van der Waals surface area contributed by atoms with E-state index in [0.29, 0.717) is 19.1 Å². The minimum atomic E-state index is -0.193. The Labute approximate surface area is 150 Å². The topological polar surface area (TPSA) is 37.3 Å². The van der Waals surface area contributed by atoms with Crippen LogP contribution in [0.15, 0.2) is 12.1 Å². The highest BCUT2D eigenvalue weighted by Crippen LogP contribution is 2.37. The maximum absolute atomic E-state index is 12.6. The Hall–Kier alpha value is -1.31. The van der Waals surface area contributed by atoms with Gasteiger partial charge in [0.15, 0.2) is 5.78 Å². The minimum absolute atomic E-state index is 0.179. The fourth-order valence-corrected chi connectivity index (χ4v) is 2.97. The molecule has 0 fully saturated rings. The second kappa shape index (κ2) is 9.25. The SMILES string of the molecule is [3H]CCCCCCCCC(=O)c1cc(C(C)C)c(O)c(C(C)(C)C)c1. The van der Waals surface area contributed by atoms with E-state index in [1.807, 2.05) is 26.0 Å². The number of unbranched alkanes of at least 4 members (excludes halogenated alkanes) is 5. The summed E-state index contributed by atoms with van der Waals surface area (Å²) in [5.41, 5.74) is 2.27. The molecule has 0 atom stereocenters. The molecule has 0 saturated heterocycles. The van der Waals surface area contributed by atoms with Gasteiger partial charge < -0.3 is 5.11 Å². The summed E-state index contributed by atoms with van der Waals surface area (Å²) < 4.78 is 7.13. The number of ketones is 1. The number of hydrogen-bond donors (Lipinski definition) is 1. The van der Waals surface area contributed by atoms with Crippen LogP contribution in [-0.4, -0.2) is 10.9 Å². The largest absolute Gasteiger partial charge is 0.507 e. The van der Waals surface area contributed by atoms with E-state index in [4.69, 9.17) is 1.37 Å². The van der Waals surface area contributed by atoms with Gasteiger partial charge in [0, 0.05) is 18.9 Å². The monoisotopic (exact) mass is 334 g/mol. The summed E-state index contributed by atoms with van der Waals surface area (Å²) in [5.74, 6) is 0.706. The van der Waals surface area contributed by atoms with E-state index >= 15 is 0 Å².